The van der Waals surface area contributed by atoms with Gasteiger partial charge in [-0.2, -0.15) is 4.98 Å². The Labute approximate surface area is 128 Å². The number of hydrogen-bond acceptors (Lipinski definition) is 3. The number of pyridine rings is 1. The van der Waals surface area contributed by atoms with Crippen LogP contribution in [0.3, 0.4) is 0 Å². The van der Waals surface area contributed by atoms with E-state index in [1.807, 2.05) is 42.6 Å². The average Bonchev–Trinajstić information content (AvgIpc) is 2.85. The zero-order chi connectivity index (χ0) is 14.8. The van der Waals surface area contributed by atoms with Crippen molar-refractivity contribution in [2.75, 3.05) is 6.61 Å². The highest BCUT2D eigenvalue weighted by Crippen LogP contribution is 2.32. The molecule has 0 aliphatic carbocycles. The summed E-state index contributed by atoms with van der Waals surface area (Å²) in [6, 6.07) is 11.9. The molecule has 0 fully saturated rings. The molecule has 0 aliphatic heterocycles. The van der Waals surface area contributed by atoms with Gasteiger partial charge in [-0.15, -0.1) is 5.10 Å². The van der Waals surface area contributed by atoms with Gasteiger partial charge < -0.3 is 4.74 Å². The molecule has 0 N–H and O–H groups in total. The molecule has 0 atom stereocenters. The molecule has 0 saturated carbocycles. The van der Waals surface area contributed by atoms with Gasteiger partial charge in [-0.3, -0.25) is 0 Å². The fraction of sp³-hybridized carbons (Fsp3) is 0.250. The lowest BCUT2D eigenvalue weighted by Crippen LogP contribution is -2.05. The van der Waals surface area contributed by atoms with Crippen molar-refractivity contribution >= 4 is 17.2 Å². The van der Waals surface area contributed by atoms with Gasteiger partial charge in [-0.05, 0) is 35.7 Å². The molecule has 21 heavy (non-hydrogen) atoms. The second-order valence-electron chi connectivity index (χ2n) is 5.27. The maximum Gasteiger partial charge on any atom is 0.243 e. The second-order valence-corrected chi connectivity index (χ2v) is 5.61. The molecule has 2 heterocycles. The van der Waals surface area contributed by atoms with Crippen molar-refractivity contribution in [3.63, 3.8) is 0 Å². The summed E-state index contributed by atoms with van der Waals surface area (Å²) in [7, 11) is 0. The van der Waals surface area contributed by atoms with Gasteiger partial charge in [0.2, 0.25) is 5.28 Å². The highest BCUT2D eigenvalue weighted by molar-refractivity contribution is 6.28. The van der Waals surface area contributed by atoms with E-state index in [0.29, 0.717) is 12.5 Å². The van der Waals surface area contributed by atoms with Crippen LogP contribution in [0.2, 0.25) is 5.28 Å². The lowest BCUT2D eigenvalue weighted by molar-refractivity contribution is 0.272. The van der Waals surface area contributed by atoms with Gasteiger partial charge in [0.1, 0.15) is 5.75 Å². The molecule has 0 saturated heterocycles. The molecule has 1 aromatic carbocycles. The predicted octanol–water partition coefficient (Wildman–Crippen LogP) is 4.08. The smallest absolute Gasteiger partial charge is 0.243 e. The molecule has 3 rings (SSSR count). The molecule has 0 spiro atoms. The average molecular weight is 302 g/mol. The third kappa shape index (κ3) is 2.85. The number of ether oxygens (including phenoxy) is 1. The summed E-state index contributed by atoms with van der Waals surface area (Å²) >= 11 is 5.91. The quantitative estimate of drug-likeness (QED) is 0.729. The van der Waals surface area contributed by atoms with Crippen molar-refractivity contribution in [3.8, 4) is 16.9 Å². The van der Waals surface area contributed by atoms with Gasteiger partial charge in [0.05, 0.1) is 6.61 Å². The Kier molecular flexibility index (Phi) is 3.80. The van der Waals surface area contributed by atoms with Crippen molar-refractivity contribution in [1.29, 1.82) is 0 Å². The monoisotopic (exact) mass is 301 g/mol. The largest absolute Gasteiger partial charge is 0.493 e. The van der Waals surface area contributed by atoms with Gasteiger partial charge in [-0.25, -0.2) is 4.52 Å². The van der Waals surface area contributed by atoms with E-state index in [2.05, 4.69) is 23.9 Å². The van der Waals surface area contributed by atoms with E-state index in [-0.39, 0.29) is 5.28 Å². The molecule has 2 aromatic heterocycles. The van der Waals surface area contributed by atoms with Crippen molar-refractivity contribution < 1.29 is 4.74 Å². The molecule has 5 heteroatoms. The maximum absolute atomic E-state index is 5.92. The van der Waals surface area contributed by atoms with Gasteiger partial charge in [-0.1, -0.05) is 32.0 Å². The molecule has 4 nitrogen and oxygen atoms in total. The molecular weight excluding hydrogens is 286 g/mol. The summed E-state index contributed by atoms with van der Waals surface area (Å²) in [6.07, 6.45) is 1.83. The highest BCUT2D eigenvalue weighted by Gasteiger charge is 2.12. The lowest BCUT2D eigenvalue weighted by Gasteiger charge is -2.13. The third-order valence-corrected chi connectivity index (χ3v) is 3.25. The van der Waals surface area contributed by atoms with E-state index in [4.69, 9.17) is 16.3 Å². The van der Waals surface area contributed by atoms with Crippen LogP contribution in [0, 0.1) is 5.92 Å². The first-order valence-electron chi connectivity index (χ1n) is 6.88. The van der Waals surface area contributed by atoms with Crippen LogP contribution in [0.15, 0.2) is 42.6 Å². The van der Waals surface area contributed by atoms with E-state index in [1.165, 1.54) is 0 Å². The van der Waals surface area contributed by atoms with Crippen LogP contribution in [0.1, 0.15) is 13.8 Å². The van der Waals surface area contributed by atoms with E-state index in [9.17, 15) is 0 Å². The molecule has 0 aliphatic rings. The van der Waals surface area contributed by atoms with Crippen molar-refractivity contribution in [2.24, 2.45) is 5.92 Å². The number of benzene rings is 1. The minimum Gasteiger partial charge on any atom is -0.493 e. The maximum atomic E-state index is 5.92. The van der Waals surface area contributed by atoms with Gasteiger partial charge in [0.15, 0.2) is 5.65 Å². The minimum absolute atomic E-state index is 0.239. The summed E-state index contributed by atoms with van der Waals surface area (Å²) < 4.78 is 7.60. The SMILES string of the molecule is CC(C)COc1ccccc1-c1cccn2nc(Cl)nc12. The Bertz CT molecular complexity index is 767. The first kappa shape index (κ1) is 13.9. The highest BCUT2D eigenvalue weighted by atomic mass is 35.5. The summed E-state index contributed by atoms with van der Waals surface area (Å²) in [6.45, 7) is 4.93. The van der Waals surface area contributed by atoms with Crippen LogP contribution in [0.4, 0.5) is 0 Å². The molecule has 0 amide bonds. The lowest BCUT2D eigenvalue weighted by atomic mass is 10.1. The Morgan fingerprint density at radius 2 is 1.90 bits per heavy atom. The molecule has 108 valence electrons. The van der Waals surface area contributed by atoms with Crippen LogP contribution in [0.25, 0.3) is 16.8 Å². The standard InChI is InChI=1S/C16H16ClN3O/c1-11(2)10-21-14-8-4-3-6-12(14)13-7-5-9-20-15(13)18-16(17)19-20/h3-9,11H,10H2,1-2H3. The van der Waals surface area contributed by atoms with Crippen molar-refractivity contribution in [3.05, 3.63) is 47.9 Å². The van der Waals surface area contributed by atoms with Crippen molar-refractivity contribution in [1.82, 2.24) is 14.6 Å². The molecular formula is C16H16ClN3O. The van der Waals surface area contributed by atoms with Crippen LogP contribution in [0.5, 0.6) is 5.75 Å². The van der Waals surface area contributed by atoms with Gasteiger partial charge >= 0.3 is 0 Å². The fourth-order valence-corrected chi connectivity index (χ4v) is 2.32. The first-order chi connectivity index (χ1) is 10.1. The number of rotatable bonds is 4. The van der Waals surface area contributed by atoms with Crippen LogP contribution < -0.4 is 4.74 Å². The minimum atomic E-state index is 0.239. The third-order valence-electron chi connectivity index (χ3n) is 3.09. The van der Waals surface area contributed by atoms with Crippen LogP contribution >= 0.6 is 11.6 Å². The summed E-state index contributed by atoms with van der Waals surface area (Å²) in [5, 5.41) is 4.37. The second kappa shape index (κ2) is 5.74. The Balaban J connectivity index is 2.10. The van der Waals surface area contributed by atoms with Gasteiger partial charge in [0, 0.05) is 17.3 Å². The number of aromatic nitrogens is 3. The number of nitrogens with zero attached hydrogens (tertiary/aromatic N) is 3. The topological polar surface area (TPSA) is 39.4 Å². The van der Waals surface area contributed by atoms with E-state index < -0.39 is 0 Å². The molecule has 0 radical (unpaired) electrons. The van der Waals surface area contributed by atoms with E-state index in [0.717, 1.165) is 22.5 Å². The molecule has 0 unspecified atom stereocenters. The first-order valence-corrected chi connectivity index (χ1v) is 7.26. The van der Waals surface area contributed by atoms with E-state index in [1.54, 1.807) is 4.52 Å². The number of halogens is 1. The zero-order valence-electron chi connectivity index (χ0n) is 12.0. The van der Waals surface area contributed by atoms with E-state index >= 15 is 0 Å². The predicted molar refractivity (Wildman–Crippen MR) is 83.8 cm³/mol. The Morgan fingerprint density at radius 1 is 1.14 bits per heavy atom. The summed E-state index contributed by atoms with van der Waals surface area (Å²) in [4.78, 5) is 4.29. The number of para-hydroxylation sites is 1. The molecule has 0 bridgehead atoms. The number of hydrogen-bond donors (Lipinski definition) is 0. The van der Waals surface area contributed by atoms with Crippen LogP contribution in [-0.2, 0) is 0 Å². The van der Waals surface area contributed by atoms with Crippen LogP contribution in [-0.4, -0.2) is 21.2 Å². The van der Waals surface area contributed by atoms with Crippen molar-refractivity contribution in [2.45, 2.75) is 13.8 Å². The van der Waals surface area contributed by atoms with Gasteiger partial charge in [0.25, 0.3) is 0 Å². The molecule has 3 aromatic rings. The Hall–Kier alpha value is -2.07. The summed E-state index contributed by atoms with van der Waals surface area (Å²) in [5.41, 5.74) is 2.67. The fourth-order valence-electron chi connectivity index (χ4n) is 2.16. The Morgan fingerprint density at radius 3 is 2.71 bits per heavy atom. The zero-order valence-corrected chi connectivity index (χ0v) is 12.7. The number of fused-ring (bicyclic) bond motifs is 1. The normalized spacial score (nSPS) is 11.2. The summed E-state index contributed by atoms with van der Waals surface area (Å²) in [5.74, 6) is 1.31.